The Morgan fingerprint density at radius 2 is 1.79 bits per heavy atom. The maximum atomic E-state index is 12.0. The number of halogens is 2. The van der Waals surface area contributed by atoms with E-state index >= 15 is 0 Å². The third-order valence-electron chi connectivity index (χ3n) is 3.17. The van der Waals surface area contributed by atoms with Crippen molar-refractivity contribution < 1.29 is 4.79 Å². The second-order valence-corrected chi connectivity index (χ2v) is 5.86. The summed E-state index contributed by atoms with van der Waals surface area (Å²) >= 11 is 11.7. The SMILES string of the molecule is N#C/C(=C/NCc1cccc(Cl)c1)C(=O)NCc1ccc(Cl)cc1. The highest BCUT2D eigenvalue weighted by molar-refractivity contribution is 6.30. The van der Waals surface area contributed by atoms with Crippen LogP contribution in [0.4, 0.5) is 0 Å². The Balaban J connectivity index is 1.88. The van der Waals surface area contributed by atoms with Gasteiger partial charge in [0.2, 0.25) is 0 Å². The standard InChI is InChI=1S/C18H15Cl2N3O/c19-16-6-4-13(5-7-16)11-23-18(24)15(9-21)12-22-10-14-2-1-3-17(20)8-14/h1-8,12,22H,10-11H2,(H,23,24)/b15-12-. The largest absolute Gasteiger partial charge is 0.386 e. The van der Waals surface area contributed by atoms with Crippen molar-refractivity contribution in [2.45, 2.75) is 13.1 Å². The molecule has 0 heterocycles. The number of nitriles is 1. The summed E-state index contributed by atoms with van der Waals surface area (Å²) in [5.74, 6) is -0.439. The number of benzene rings is 2. The fourth-order valence-corrected chi connectivity index (χ4v) is 2.29. The van der Waals surface area contributed by atoms with E-state index in [1.807, 2.05) is 36.4 Å². The number of rotatable bonds is 6. The van der Waals surface area contributed by atoms with Crippen LogP contribution in [0.25, 0.3) is 0 Å². The molecule has 0 saturated heterocycles. The lowest BCUT2D eigenvalue weighted by atomic mass is 10.2. The van der Waals surface area contributed by atoms with Crippen LogP contribution in [-0.2, 0) is 17.9 Å². The van der Waals surface area contributed by atoms with Gasteiger partial charge >= 0.3 is 0 Å². The van der Waals surface area contributed by atoms with Crippen molar-refractivity contribution in [3.63, 3.8) is 0 Å². The molecule has 0 saturated carbocycles. The molecule has 1 amide bonds. The van der Waals surface area contributed by atoms with Gasteiger partial charge in [-0.25, -0.2) is 0 Å². The predicted octanol–water partition coefficient (Wildman–Crippen LogP) is 3.81. The first-order valence-electron chi connectivity index (χ1n) is 7.19. The molecular formula is C18H15Cl2N3O. The monoisotopic (exact) mass is 359 g/mol. The molecule has 2 rings (SSSR count). The van der Waals surface area contributed by atoms with E-state index in [1.165, 1.54) is 6.20 Å². The van der Waals surface area contributed by atoms with Crippen LogP contribution < -0.4 is 10.6 Å². The van der Waals surface area contributed by atoms with Gasteiger partial charge in [-0.3, -0.25) is 4.79 Å². The van der Waals surface area contributed by atoms with Crippen molar-refractivity contribution >= 4 is 29.1 Å². The molecule has 2 aromatic rings. The summed E-state index contributed by atoms with van der Waals surface area (Å²) in [6, 6.07) is 16.3. The maximum absolute atomic E-state index is 12.0. The molecule has 24 heavy (non-hydrogen) atoms. The van der Waals surface area contributed by atoms with E-state index in [4.69, 9.17) is 28.5 Å². The van der Waals surface area contributed by atoms with Gasteiger partial charge in [-0.05, 0) is 35.4 Å². The van der Waals surface area contributed by atoms with Gasteiger partial charge in [0.25, 0.3) is 5.91 Å². The molecule has 0 atom stereocenters. The first kappa shape index (κ1) is 17.9. The Morgan fingerprint density at radius 1 is 1.04 bits per heavy atom. The van der Waals surface area contributed by atoms with Gasteiger partial charge in [-0.15, -0.1) is 0 Å². The molecule has 4 nitrogen and oxygen atoms in total. The highest BCUT2D eigenvalue weighted by Gasteiger charge is 2.08. The first-order chi connectivity index (χ1) is 11.6. The Labute approximate surface area is 150 Å². The molecule has 2 N–H and O–H groups in total. The molecule has 6 heteroatoms. The molecule has 0 radical (unpaired) electrons. The average Bonchev–Trinajstić information content (AvgIpc) is 2.58. The fraction of sp³-hybridized carbons (Fsp3) is 0.111. The number of carbonyl (C=O) groups is 1. The van der Waals surface area contributed by atoms with Crippen LogP contribution in [-0.4, -0.2) is 5.91 Å². The molecule has 0 spiro atoms. The Morgan fingerprint density at radius 3 is 2.46 bits per heavy atom. The van der Waals surface area contributed by atoms with Crippen LogP contribution >= 0.6 is 23.2 Å². The van der Waals surface area contributed by atoms with E-state index in [-0.39, 0.29) is 5.57 Å². The molecule has 0 aromatic heterocycles. The van der Waals surface area contributed by atoms with Crippen LogP contribution in [0.1, 0.15) is 11.1 Å². The Kier molecular flexibility index (Phi) is 6.68. The first-order valence-corrected chi connectivity index (χ1v) is 7.95. The summed E-state index contributed by atoms with van der Waals surface area (Å²) in [5.41, 5.74) is 1.86. The van der Waals surface area contributed by atoms with Crippen LogP contribution in [0.2, 0.25) is 10.0 Å². The highest BCUT2D eigenvalue weighted by Crippen LogP contribution is 2.11. The van der Waals surface area contributed by atoms with Gasteiger partial charge in [-0.2, -0.15) is 5.26 Å². The van der Waals surface area contributed by atoms with Crippen LogP contribution in [0.15, 0.2) is 60.3 Å². The fourth-order valence-electron chi connectivity index (χ4n) is 1.95. The van der Waals surface area contributed by atoms with Crippen LogP contribution in [0, 0.1) is 11.3 Å². The Bertz CT molecular complexity index is 780. The highest BCUT2D eigenvalue weighted by atomic mass is 35.5. The van der Waals surface area contributed by atoms with Crippen molar-refractivity contribution in [3.8, 4) is 6.07 Å². The lowest BCUT2D eigenvalue weighted by Gasteiger charge is -2.06. The van der Waals surface area contributed by atoms with Gasteiger partial charge in [0, 0.05) is 29.3 Å². The van der Waals surface area contributed by atoms with Crippen molar-refractivity contribution in [1.29, 1.82) is 5.26 Å². The summed E-state index contributed by atoms with van der Waals surface area (Å²) in [4.78, 5) is 12.0. The smallest absolute Gasteiger partial charge is 0.263 e. The van der Waals surface area contributed by atoms with Gasteiger partial charge in [0.1, 0.15) is 11.6 Å². The zero-order valence-electron chi connectivity index (χ0n) is 12.7. The number of nitrogens with one attached hydrogen (secondary N) is 2. The van der Waals surface area contributed by atoms with Crippen LogP contribution in [0.3, 0.4) is 0 Å². The molecule has 0 fully saturated rings. The second-order valence-electron chi connectivity index (χ2n) is 4.99. The van der Waals surface area contributed by atoms with Gasteiger partial charge in [-0.1, -0.05) is 47.5 Å². The maximum Gasteiger partial charge on any atom is 0.263 e. The molecule has 122 valence electrons. The minimum Gasteiger partial charge on any atom is -0.386 e. The lowest BCUT2D eigenvalue weighted by Crippen LogP contribution is -2.25. The van der Waals surface area contributed by atoms with Crippen molar-refractivity contribution in [2.75, 3.05) is 0 Å². The number of carbonyl (C=O) groups excluding carboxylic acids is 1. The summed E-state index contributed by atoms with van der Waals surface area (Å²) in [6.07, 6.45) is 1.40. The van der Waals surface area contributed by atoms with E-state index < -0.39 is 5.91 Å². The van der Waals surface area contributed by atoms with E-state index in [1.54, 1.807) is 18.2 Å². The van der Waals surface area contributed by atoms with E-state index in [2.05, 4.69) is 10.6 Å². The topological polar surface area (TPSA) is 64.9 Å². The zero-order chi connectivity index (χ0) is 17.4. The van der Waals surface area contributed by atoms with Gasteiger partial charge in [0.05, 0.1) is 0 Å². The van der Waals surface area contributed by atoms with Gasteiger partial charge < -0.3 is 10.6 Å². The van der Waals surface area contributed by atoms with Crippen molar-refractivity contribution in [3.05, 3.63) is 81.5 Å². The second kappa shape index (κ2) is 8.97. The van der Waals surface area contributed by atoms with Crippen LogP contribution in [0.5, 0.6) is 0 Å². The summed E-state index contributed by atoms with van der Waals surface area (Å²) < 4.78 is 0. The summed E-state index contributed by atoms with van der Waals surface area (Å²) in [6.45, 7) is 0.791. The van der Waals surface area contributed by atoms with Crippen molar-refractivity contribution in [2.24, 2.45) is 0 Å². The molecule has 0 bridgehead atoms. The predicted molar refractivity (Wildman–Crippen MR) is 95.3 cm³/mol. The minimum atomic E-state index is -0.439. The normalized spacial score (nSPS) is 10.8. The molecular weight excluding hydrogens is 345 g/mol. The minimum absolute atomic E-state index is 0.00555. The number of hydrogen-bond acceptors (Lipinski definition) is 3. The lowest BCUT2D eigenvalue weighted by molar-refractivity contribution is -0.117. The number of amides is 1. The number of hydrogen-bond donors (Lipinski definition) is 2. The van der Waals surface area contributed by atoms with E-state index in [0.29, 0.717) is 23.1 Å². The van der Waals surface area contributed by atoms with Crippen molar-refractivity contribution in [1.82, 2.24) is 10.6 Å². The quantitative estimate of drug-likeness (QED) is 0.608. The molecule has 0 aliphatic carbocycles. The number of nitrogens with zero attached hydrogens (tertiary/aromatic N) is 1. The molecule has 2 aromatic carbocycles. The summed E-state index contributed by atoms with van der Waals surface area (Å²) in [7, 11) is 0. The van der Waals surface area contributed by atoms with Gasteiger partial charge in [0.15, 0.2) is 0 Å². The molecule has 0 aliphatic heterocycles. The summed E-state index contributed by atoms with van der Waals surface area (Å²) in [5, 5.41) is 16.0. The third kappa shape index (κ3) is 5.62. The van der Waals surface area contributed by atoms with E-state index in [9.17, 15) is 4.79 Å². The molecule has 0 unspecified atom stereocenters. The average molecular weight is 360 g/mol. The molecule has 0 aliphatic rings. The zero-order valence-corrected chi connectivity index (χ0v) is 14.2. The van der Waals surface area contributed by atoms with E-state index in [0.717, 1.165) is 11.1 Å². The third-order valence-corrected chi connectivity index (χ3v) is 3.66. The Hall–Kier alpha value is -2.48.